The predicted molar refractivity (Wildman–Crippen MR) is 58.2 cm³/mol. The van der Waals surface area contributed by atoms with Crippen LogP contribution in [-0.4, -0.2) is 41.9 Å². The van der Waals surface area contributed by atoms with Gasteiger partial charge in [0.2, 0.25) is 0 Å². The third-order valence-corrected chi connectivity index (χ3v) is 2.30. The normalized spacial score (nSPS) is 11.2. The van der Waals surface area contributed by atoms with Crippen molar-refractivity contribution < 1.29 is 0 Å². The molecule has 1 aromatic rings. The van der Waals surface area contributed by atoms with Gasteiger partial charge in [-0.3, -0.25) is 4.68 Å². The van der Waals surface area contributed by atoms with Crippen molar-refractivity contribution in [3.63, 3.8) is 0 Å². The summed E-state index contributed by atoms with van der Waals surface area (Å²) in [6, 6.07) is 0. The highest BCUT2D eigenvalue weighted by Gasteiger charge is 2.02. The molecule has 4 nitrogen and oxygen atoms in total. The van der Waals surface area contributed by atoms with Crippen molar-refractivity contribution in [1.29, 1.82) is 0 Å². The van der Waals surface area contributed by atoms with Crippen LogP contribution in [0.4, 0.5) is 0 Å². The van der Waals surface area contributed by atoms with Crippen LogP contribution >= 0.6 is 0 Å². The molecule has 0 aromatic carbocycles. The molecule has 14 heavy (non-hydrogen) atoms. The topological polar surface area (TPSA) is 33.1 Å². The second kappa shape index (κ2) is 5.12. The summed E-state index contributed by atoms with van der Waals surface area (Å²) in [4.78, 5) is 2.17. The molecule has 0 aliphatic carbocycles. The Kier molecular flexibility index (Phi) is 4.10. The standard InChI is InChI=1S/C10H20N4/c1-9-7-12-14(4)10(9)8-11-5-6-13(2)3/h7,11H,5-6,8H2,1-4H3. The van der Waals surface area contributed by atoms with Gasteiger partial charge in [-0.05, 0) is 26.6 Å². The summed E-state index contributed by atoms with van der Waals surface area (Å²) in [5.74, 6) is 0. The lowest BCUT2D eigenvalue weighted by molar-refractivity contribution is 0.398. The Bertz CT molecular complexity index is 258. The summed E-state index contributed by atoms with van der Waals surface area (Å²) >= 11 is 0. The third kappa shape index (κ3) is 3.12. The summed E-state index contributed by atoms with van der Waals surface area (Å²) in [7, 11) is 6.14. The van der Waals surface area contributed by atoms with Gasteiger partial charge in [-0.1, -0.05) is 0 Å². The molecule has 0 radical (unpaired) electrons. The number of nitrogens with one attached hydrogen (secondary N) is 1. The molecule has 1 N–H and O–H groups in total. The zero-order chi connectivity index (χ0) is 10.6. The van der Waals surface area contributed by atoms with E-state index in [2.05, 4.69) is 36.3 Å². The van der Waals surface area contributed by atoms with Crippen molar-refractivity contribution in [3.8, 4) is 0 Å². The van der Waals surface area contributed by atoms with Crippen molar-refractivity contribution >= 4 is 0 Å². The van der Waals surface area contributed by atoms with E-state index in [-0.39, 0.29) is 0 Å². The van der Waals surface area contributed by atoms with Crippen molar-refractivity contribution in [2.45, 2.75) is 13.5 Å². The molecular formula is C10H20N4. The Labute approximate surface area is 85.9 Å². The van der Waals surface area contributed by atoms with Gasteiger partial charge in [-0.2, -0.15) is 5.10 Å². The average Bonchev–Trinajstić information content (AvgIpc) is 2.42. The molecule has 0 atom stereocenters. The van der Waals surface area contributed by atoms with E-state index < -0.39 is 0 Å². The minimum absolute atomic E-state index is 0.899. The van der Waals surface area contributed by atoms with Gasteiger partial charge in [0.25, 0.3) is 0 Å². The Balaban J connectivity index is 2.31. The molecule has 1 heterocycles. The maximum atomic E-state index is 4.20. The number of aryl methyl sites for hydroxylation is 2. The van der Waals surface area contributed by atoms with Gasteiger partial charge in [-0.25, -0.2) is 0 Å². The van der Waals surface area contributed by atoms with E-state index in [1.54, 1.807) is 0 Å². The van der Waals surface area contributed by atoms with Crippen LogP contribution in [0.5, 0.6) is 0 Å². The minimum Gasteiger partial charge on any atom is -0.310 e. The summed E-state index contributed by atoms with van der Waals surface area (Å²) in [6.07, 6.45) is 1.91. The van der Waals surface area contributed by atoms with E-state index in [1.165, 1.54) is 11.3 Å². The highest BCUT2D eigenvalue weighted by molar-refractivity contribution is 5.14. The van der Waals surface area contributed by atoms with Crippen molar-refractivity contribution in [3.05, 3.63) is 17.5 Å². The van der Waals surface area contributed by atoms with Gasteiger partial charge in [0, 0.05) is 26.7 Å². The SMILES string of the molecule is Cc1cnn(C)c1CNCCN(C)C. The summed E-state index contributed by atoms with van der Waals surface area (Å²) in [6.45, 7) is 5.07. The number of hydrogen-bond acceptors (Lipinski definition) is 3. The molecule has 0 unspecified atom stereocenters. The van der Waals surface area contributed by atoms with Crippen LogP contribution in [0, 0.1) is 6.92 Å². The third-order valence-electron chi connectivity index (χ3n) is 2.30. The molecule has 80 valence electrons. The molecule has 0 saturated heterocycles. The maximum absolute atomic E-state index is 4.20. The largest absolute Gasteiger partial charge is 0.310 e. The van der Waals surface area contributed by atoms with E-state index in [1.807, 2.05) is 17.9 Å². The zero-order valence-electron chi connectivity index (χ0n) is 9.54. The first-order valence-electron chi connectivity index (χ1n) is 4.94. The predicted octanol–water partition coefficient (Wildman–Crippen LogP) is 0.380. The fraction of sp³-hybridized carbons (Fsp3) is 0.700. The lowest BCUT2D eigenvalue weighted by Gasteiger charge is -2.10. The molecule has 0 aliphatic rings. The highest BCUT2D eigenvalue weighted by atomic mass is 15.3. The van der Waals surface area contributed by atoms with Crippen LogP contribution in [-0.2, 0) is 13.6 Å². The van der Waals surface area contributed by atoms with Crippen molar-refractivity contribution in [2.24, 2.45) is 7.05 Å². The first-order valence-corrected chi connectivity index (χ1v) is 4.94. The quantitative estimate of drug-likeness (QED) is 0.691. The van der Waals surface area contributed by atoms with Crippen LogP contribution in [0.25, 0.3) is 0 Å². The number of likely N-dealkylation sites (N-methyl/N-ethyl adjacent to an activating group) is 1. The van der Waals surface area contributed by atoms with Gasteiger partial charge in [-0.15, -0.1) is 0 Å². The Morgan fingerprint density at radius 1 is 1.50 bits per heavy atom. The molecular weight excluding hydrogens is 176 g/mol. The first kappa shape index (κ1) is 11.2. The molecule has 0 bridgehead atoms. The summed E-state index contributed by atoms with van der Waals surface area (Å²) in [5.41, 5.74) is 2.52. The molecule has 0 amide bonds. The van der Waals surface area contributed by atoms with Gasteiger partial charge >= 0.3 is 0 Å². The monoisotopic (exact) mass is 196 g/mol. The van der Waals surface area contributed by atoms with E-state index in [4.69, 9.17) is 0 Å². The lowest BCUT2D eigenvalue weighted by atomic mass is 10.3. The van der Waals surface area contributed by atoms with Crippen LogP contribution in [0.2, 0.25) is 0 Å². The fourth-order valence-corrected chi connectivity index (χ4v) is 1.34. The van der Waals surface area contributed by atoms with E-state index in [0.717, 1.165) is 19.6 Å². The smallest absolute Gasteiger partial charge is 0.0547 e. The Morgan fingerprint density at radius 2 is 2.21 bits per heavy atom. The van der Waals surface area contributed by atoms with Crippen LogP contribution in [0.1, 0.15) is 11.3 Å². The molecule has 1 aromatic heterocycles. The average molecular weight is 196 g/mol. The van der Waals surface area contributed by atoms with Crippen LogP contribution < -0.4 is 5.32 Å². The van der Waals surface area contributed by atoms with Gasteiger partial charge < -0.3 is 10.2 Å². The summed E-state index contributed by atoms with van der Waals surface area (Å²) < 4.78 is 1.93. The molecule has 0 fully saturated rings. The van der Waals surface area contributed by atoms with E-state index in [0.29, 0.717) is 0 Å². The number of aromatic nitrogens is 2. The Morgan fingerprint density at radius 3 is 2.71 bits per heavy atom. The summed E-state index contributed by atoms with van der Waals surface area (Å²) in [5, 5.41) is 7.59. The molecule has 1 rings (SSSR count). The van der Waals surface area contributed by atoms with Crippen LogP contribution in [0.3, 0.4) is 0 Å². The highest BCUT2D eigenvalue weighted by Crippen LogP contribution is 2.03. The number of nitrogens with zero attached hydrogens (tertiary/aromatic N) is 3. The molecule has 0 spiro atoms. The fourth-order valence-electron chi connectivity index (χ4n) is 1.34. The second-order valence-corrected chi connectivity index (χ2v) is 3.88. The van der Waals surface area contributed by atoms with Gasteiger partial charge in [0.1, 0.15) is 0 Å². The molecule has 4 heteroatoms. The lowest BCUT2D eigenvalue weighted by Crippen LogP contribution is -2.27. The first-order chi connectivity index (χ1) is 6.61. The van der Waals surface area contributed by atoms with Crippen molar-refractivity contribution in [1.82, 2.24) is 20.0 Å². The van der Waals surface area contributed by atoms with Crippen molar-refractivity contribution in [2.75, 3.05) is 27.2 Å². The van der Waals surface area contributed by atoms with Gasteiger partial charge in [0.15, 0.2) is 0 Å². The minimum atomic E-state index is 0.899. The number of rotatable bonds is 5. The maximum Gasteiger partial charge on any atom is 0.0547 e. The van der Waals surface area contributed by atoms with Crippen LogP contribution in [0.15, 0.2) is 6.20 Å². The zero-order valence-corrected chi connectivity index (χ0v) is 9.54. The van der Waals surface area contributed by atoms with E-state index in [9.17, 15) is 0 Å². The van der Waals surface area contributed by atoms with E-state index >= 15 is 0 Å². The number of hydrogen-bond donors (Lipinski definition) is 1. The van der Waals surface area contributed by atoms with Gasteiger partial charge in [0.05, 0.1) is 11.9 Å². The molecule has 0 saturated carbocycles. The second-order valence-electron chi connectivity index (χ2n) is 3.88. The molecule has 0 aliphatic heterocycles. The Hall–Kier alpha value is -0.870.